The van der Waals surface area contributed by atoms with Gasteiger partial charge in [0.15, 0.2) is 5.78 Å². The number of hydrogen-bond donors (Lipinski definition) is 4. The summed E-state index contributed by atoms with van der Waals surface area (Å²) in [5, 5.41) is 17.9. The van der Waals surface area contributed by atoms with E-state index in [4.69, 9.17) is 0 Å². The van der Waals surface area contributed by atoms with E-state index in [1.165, 1.54) is 35.7 Å². The SMILES string of the molecule is CCNC(=O)Nc1c(C(=O)C2CCNCC2C(=O)O)ccc(F)c1-c1cc(-c2ncccc2F)c2scnc2c1. The molecule has 2 unspecified atom stereocenters. The number of Topliss-reactive ketones (excluding diaryl/α,β-unsaturated/α-hetero) is 1. The van der Waals surface area contributed by atoms with Gasteiger partial charge >= 0.3 is 12.0 Å². The Kier molecular flexibility index (Phi) is 7.81. The summed E-state index contributed by atoms with van der Waals surface area (Å²) in [6.45, 7) is 2.52. The van der Waals surface area contributed by atoms with Gasteiger partial charge < -0.3 is 21.1 Å². The Labute approximate surface area is 231 Å². The van der Waals surface area contributed by atoms with Gasteiger partial charge in [-0.25, -0.2) is 18.6 Å². The largest absolute Gasteiger partial charge is 0.481 e. The van der Waals surface area contributed by atoms with Crippen LogP contribution in [0.2, 0.25) is 0 Å². The second-order valence-corrected chi connectivity index (χ2v) is 10.2. The van der Waals surface area contributed by atoms with E-state index in [1.807, 2.05) is 0 Å². The Hall–Kier alpha value is -4.29. The molecule has 2 aromatic carbocycles. The number of aromatic nitrogens is 2. The fraction of sp³-hybridized carbons (Fsp3) is 0.250. The molecule has 206 valence electrons. The molecule has 5 rings (SSSR count). The van der Waals surface area contributed by atoms with E-state index in [9.17, 15) is 23.9 Å². The summed E-state index contributed by atoms with van der Waals surface area (Å²) in [4.78, 5) is 47.0. The molecule has 4 aromatic rings. The topological polar surface area (TPSA) is 133 Å². The molecule has 2 amide bonds. The summed E-state index contributed by atoms with van der Waals surface area (Å²) in [7, 11) is 0. The van der Waals surface area contributed by atoms with Crippen molar-refractivity contribution in [2.75, 3.05) is 25.0 Å². The van der Waals surface area contributed by atoms with Gasteiger partial charge in [0, 0.05) is 41.9 Å². The maximum atomic E-state index is 15.7. The number of benzene rings is 2. The van der Waals surface area contributed by atoms with Crippen molar-refractivity contribution in [3.63, 3.8) is 0 Å². The summed E-state index contributed by atoms with van der Waals surface area (Å²) in [5.41, 5.74) is 2.44. The molecule has 0 radical (unpaired) electrons. The zero-order chi connectivity index (χ0) is 28.4. The number of aliphatic carboxylic acids is 1. The third-order valence-corrected chi connectivity index (χ3v) is 7.74. The van der Waals surface area contributed by atoms with Crippen molar-refractivity contribution in [3.05, 3.63) is 65.3 Å². The van der Waals surface area contributed by atoms with E-state index in [0.29, 0.717) is 22.3 Å². The average Bonchev–Trinajstić information content (AvgIpc) is 3.42. The molecule has 12 heteroatoms. The molecule has 0 aliphatic carbocycles. The summed E-state index contributed by atoms with van der Waals surface area (Å²) >= 11 is 1.27. The highest BCUT2D eigenvalue weighted by atomic mass is 32.1. The van der Waals surface area contributed by atoms with Crippen LogP contribution >= 0.6 is 11.3 Å². The van der Waals surface area contributed by atoms with Crippen LogP contribution in [0.4, 0.5) is 19.3 Å². The van der Waals surface area contributed by atoms with E-state index >= 15 is 4.39 Å². The number of fused-ring (bicyclic) bond motifs is 1. The number of rotatable bonds is 7. The van der Waals surface area contributed by atoms with Crippen LogP contribution < -0.4 is 16.0 Å². The lowest BCUT2D eigenvalue weighted by Crippen LogP contribution is -2.44. The number of urea groups is 1. The van der Waals surface area contributed by atoms with Crippen LogP contribution in [-0.4, -0.2) is 52.5 Å². The zero-order valence-corrected chi connectivity index (χ0v) is 22.1. The molecule has 0 saturated carbocycles. The number of halogens is 2. The molecular formula is C28H25F2N5O4S. The van der Waals surface area contributed by atoms with Gasteiger partial charge in [0.1, 0.15) is 17.3 Å². The van der Waals surface area contributed by atoms with Gasteiger partial charge in [-0.2, -0.15) is 0 Å². The van der Waals surface area contributed by atoms with Gasteiger partial charge in [-0.1, -0.05) is 0 Å². The van der Waals surface area contributed by atoms with Gasteiger partial charge in [-0.05, 0) is 61.9 Å². The fourth-order valence-corrected chi connectivity index (χ4v) is 5.80. The Balaban J connectivity index is 1.73. The van der Waals surface area contributed by atoms with Crippen molar-refractivity contribution in [3.8, 4) is 22.4 Å². The first kappa shape index (κ1) is 27.3. The monoisotopic (exact) mass is 565 g/mol. The van der Waals surface area contributed by atoms with Crippen LogP contribution in [0.1, 0.15) is 23.7 Å². The molecule has 2 aromatic heterocycles. The summed E-state index contributed by atoms with van der Waals surface area (Å²) in [5.74, 6) is -4.84. The van der Waals surface area contributed by atoms with E-state index in [0.717, 1.165) is 6.07 Å². The highest BCUT2D eigenvalue weighted by molar-refractivity contribution is 7.17. The molecule has 9 nitrogen and oxygen atoms in total. The minimum atomic E-state index is -1.12. The van der Waals surface area contributed by atoms with Crippen molar-refractivity contribution in [2.45, 2.75) is 13.3 Å². The van der Waals surface area contributed by atoms with Gasteiger partial charge in [0.2, 0.25) is 0 Å². The second-order valence-electron chi connectivity index (χ2n) is 9.30. The number of carbonyl (C=O) groups excluding carboxylic acids is 2. The highest BCUT2D eigenvalue weighted by Gasteiger charge is 2.37. The quantitative estimate of drug-likeness (QED) is 0.233. The van der Waals surface area contributed by atoms with Gasteiger partial charge in [-0.15, -0.1) is 11.3 Å². The van der Waals surface area contributed by atoms with E-state index < -0.39 is 41.3 Å². The Morgan fingerprint density at radius 2 is 1.95 bits per heavy atom. The van der Waals surface area contributed by atoms with Crippen LogP contribution in [0.5, 0.6) is 0 Å². The molecule has 1 fully saturated rings. The average molecular weight is 566 g/mol. The summed E-state index contributed by atoms with van der Waals surface area (Å²) < 4.78 is 31.2. The Morgan fingerprint density at radius 1 is 1.12 bits per heavy atom. The summed E-state index contributed by atoms with van der Waals surface area (Å²) in [6.07, 6.45) is 1.70. The lowest BCUT2D eigenvalue weighted by Gasteiger charge is -2.29. The Bertz CT molecular complexity index is 1630. The van der Waals surface area contributed by atoms with Crippen molar-refractivity contribution < 1.29 is 28.3 Å². The molecule has 40 heavy (non-hydrogen) atoms. The molecule has 1 aliphatic rings. The fourth-order valence-electron chi connectivity index (χ4n) is 5.02. The molecule has 1 aliphatic heterocycles. The van der Waals surface area contributed by atoms with Gasteiger partial charge in [-0.3, -0.25) is 14.6 Å². The molecule has 0 spiro atoms. The number of carboxylic acids is 1. The number of carboxylic acid groups (broad SMARTS) is 1. The van der Waals surface area contributed by atoms with Gasteiger partial charge in [0.05, 0.1) is 27.3 Å². The number of thiazole rings is 1. The van der Waals surface area contributed by atoms with Crippen LogP contribution in [0.15, 0.2) is 48.1 Å². The molecule has 3 heterocycles. The third-order valence-electron chi connectivity index (χ3n) is 6.87. The number of pyridine rings is 1. The summed E-state index contributed by atoms with van der Waals surface area (Å²) in [6, 6.07) is 7.55. The number of hydrogen-bond acceptors (Lipinski definition) is 7. The van der Waals surface area contributed by atoms with E-state index in [2.05, 4.69) is 25.9 Å². The number of carbonyl (C=O) groups is 3. The number of ketones is 1. The van der Waals surface area contributed by atoms with Crippen LogP contribution in [-0.2, 0) is 4.79 Å². The Morgan fingerprint density at radius 3 is 2.70 bits per heavy atom. The van der Waals surface area contributed by atoms with E-state index in [1.54, 1.807) is 24.6 Å². The standard InChI is InChI=1S/C28H25F2N5O4S/c1-2-32-28(39)35-24-16(25(36)15-7-9-31-12-18(15)27(37)38)5-6-19(29)22(24)14-10-17(23-20(30)4-3-8-33-23)26-21(11-14)34-13-40-26/h3-6,8,10-11,13,15,18,31H,2,7,9,12H2,1H3,(H,37,38)(H2,32,35,39). The third kappa shape index (κ3) is 5.15. The number of nitrogens with one attached hydrogen (secondary N) is 3. The number of piperidine rings is 1. The van der Waals surface area contributed by atoms with Crippen LogP contribution in [0, 0.1) is 23.5 Å². The maximum absolute atomic E-state index is 15.7. The minimum absolute atomic E-state index is 0.0234. The first-order valence-electron chi connectivity index (χ1n) is 12.6. The van der Waals surface area contributed by atoms with Crippen molar-refractivity contribution in [2.24, 2.45) is 11.8 Å². The van der Waals surface area contributed by atoms with Crippen molar-refractivity contribution >= 4 is 45.0 Å². The predicted octanol–water partition coefficient (Wildman–Crippen LogP) is 4.94. The maximum Gasteiger partial charge on any atom is 0.319 e. The number of nitrogens with zero attached hydrogens (tertiary/aromatic N) is 2. The normalized spacial score (nSPS) is 17.0. The predicted molar refractivity (Wildman–Crippen MR) is 147 cm³/mol. The second kappa shape index (κ2) is 11.4. The van der Waals surface area contributed by atoms with E-state index in [-0.39, 0.29) is 47.6 Å². The zero-order valence-electron chi connectivity index (χ0n) is 21.3. The van der Waals surface area contributed by atoms with Gasteiger partial charge in [0.25, 0.3) is 0 Å². The molecule has 2 atom stereocenters. The highest BCUT2D eigenvalue weighted by Crippen LogP contribution is 2.41. The first-order valence-corrected chi connectivity index (χ1v) is 13.5. The van der Waals surface area contributed by atoms with Crippen LogP contribution in [0.25, 0.3) is 32.6 Å². The molecule has 4 N–H and O–H groups in total. The first-order chi connectivity index (χ1) is 19.3. The molecular weight excluding hydrogens is 540 g/mol. The number of anilines is 1. The smallest absolute Gasteiger partial charge is 0.319 e. The van der Waals surface area contributed by atoms with Crippen LogP contribution in [0.3, 0.4) is 0 Å². The minimum Gasteiger partial charge on any atom is -0.481 e. The molecule has 0 bridgehead atoms. The molecule has 1 saturated heterocycles. The lowest BCUT2D eigenvalue weighted by atomic mass is 9.80. The number of amides is 2. The van der Waals surface area contributed by atoms with Crippen molar-refractivity contribution in [1.29, 1.82) is 0 Å². The lowest BCUT2D eigenvalue weighted by molar-refractivity contribution is -0.143. The van der Waals surface area contributed by atoms with Crippen molar-refractivity contribution in [1.82, 2.24) is 20.6 Å².